The minimum absolute atomic E-state index is 0.273. The maximum Gasteiger partial charge on any atom is 0.231 e. The molecular weight excluding hydrogens is 232 g/mol. The monoisotopic (exact) mass is 250 g/mol. The van der Waals surface area contributed by atoms with Gasteiger partial charge in [-0.1, -0.05) is 6.07 Å². The molecule has 1 N–H and O–H groups in total. The van der Waals surface area contributed by atoms with E-state index in [1.807, 2.05) is 18.2 Å². The van der Waals surface area contributed by atoms with Crippen molar-refractivity contribution in [2.45, 2.75) is 25.4 Å². The minimum Gasteiger partial charge on any atom is -0.454 e. The standard InChI is InChI=1S/C14H18O4/c15-12(7-10-3-5-16-6-4-10)11-1-2-13-14(8-11)18-9-17-13/h1-2,8,10,12,15H,3-7,9H2. The maximum absolute atomic E-state index is 10.3. The second-order valence-electron chi connectivity index (χ2n) is 4.92. The smallest absolute Gasteiger partial charge is 0.231 e. The van der Waals surface area contributed by atoms with Crippen LogP contribution in [0, 0.1) is 5.92 Å². The van der Waals surface area contributed by atoms with Crippen LogP contribution in [-0.4, -0.2) is 25.1 Å². The lowest BCUT2D eigenvalue weighted by Crippen LogP contribution is -2.18. The number of aliphatic hydroxyl groups excluding tert-OH is 1. The Morgan fingerprint density at radius 2 is 1.94 bits per heavy atom. The first kappa shape index (κ1) is 11.8. The molecule has 4 nitrogen and oxygen atoms in total. The van der Waals surface area contributed by atoms with Gasteiger partial charge in [0.15, 0.2) is 11.5 Å². The van der Waals surface area contributed by atoms with E-state index in [-0.39, 0.29) is 6.79 Å². The van der Waals surface area contributed by atoms with Gasteiger partial charge in [0.2, 0.25) is 6.79 Å². The molecule has 1 aromatic rings. The largest absolute Gasteiger partial charge is 0.454 e. The van der Waals surface area contributed by atoms with E-state index in [0.717, 1.165) is 49.5 Å². The van der Waals surface area contributed by atoms with Crippen molar-refractivity contribution in [3.63, 3.8) is 0 Å². The van der Waals surface area contributed by atoms with E-state index in [9.17, 15) is 5.11 Å². The van der Waals surface area contributed by atoms with Crippen LogP contribution >= 0.6 is 0 Å². The van der Waals surface area contributed by atoms with E-state index >= 15 is 0 Å². The van der Waals surface area contributed by atoms with Gasteiger partial charge in [0.05, 0.1) is 6.10 Å². The molecule has 0 bridgehead atoms. The lowest BCUT2D eigenvalue weighted by molar-refractivity contribution is 0.0435. The van der Waals surface area contributed by atoms with Gasteiger partial charge in [-0.2, -0.15) is 0 Å². The first-order chi connectivity index (χ1) is 8.83. The van der Waals surface area contributed by atoms with Gasteiger partial charge in [0.25, 0.3) is 0 Å². The van der Waals surface area contributed by atoms with E-state index < -0.39 is 6.10 Å². The van der Waals surface area contributed by atoms with E-state index in [2.05, 4.69) is 0 Å². The van der Waals surface area contributed by atoms with Crippen LogP contribution in [0.3, 0.4) is 0 Å². The molecule has 2 aliphatic heterocycles. The molecule has 1 saturated heterocycles. The summed E-state index contributed by atoms with van der Waals surface area (Å²) in [6.45, 7) is 1.91. The van der Waals surface area contributed by atoms with Crippen molar-refractivity contribution in [1.29, 1.82) is 0 Å². The summed E-state index contributed by atoms with van der Waals surface area (Å²) in [5.41, 5.74) is 0.908. The molecule has 0 amide bonds. The maximum atomic E-state index is 10.3. The van der Waals surface area contributed by atoms with E-state index in [4.69, 9.17) is 14.2 Å². The summed E-state index contributed by atoms with van der Waals surface area (Å²) in [7, 11) is 0. The molecule has 0 radical (unpaired) electrons. The summed E-state index contributed by atoms with van der Waals surface area (Å²) in [6.07, 6.45) is 2.45. The van der Waals surface area contributed by atoms with Crippen molar-refractivity contribution < 1.29 is 19.3 Å². The molecule has 1 fully saturated rings. The number of ether oxygens (including phenoxy) is 3. The van der Waals surface area contributed by atoms with Crippen molar-refractivity contribution >= 4 is 0 Å². The Bertz CT molecular complexity index is 412. The number of aliphatic hydroxyl groups is 1. The molecule has 98 valence electrons. The second-order valence-corrected chi connectivity index (χ2v) is 4.92. The van der Waals surface area contributed by atoms with Gasteiger partial charge in [-0.05, 0) is 42.9 Å². The first-order valence-electron chi connectivity index (χ1n) is 6.48. The zero-order chi connectivity index (χ0) is 12.4. The SMILES string of the molecule is OC(CC1CCOCC1)c1ccc2c(c1)OCO2. The van der Waals surface area contributed by atoms with E-state index in [1.165, 1.54) is 0 Å². The fourth-order valence-electron chi connectivity index (χ4n) is 2.55. The van der Waals surface area contributed by atoms with Crippen molar-refractivity contribution in [1.82, 2.24) is 0 Å². The van der Waals surface area contributed by atoms with Crippen LogP contribution in [0.1, 0.15) is 30.9 Å². The molecule has 1 unspecified atom stereocenters. The lowest BCUT2D eigenvalue weighted by atomic mass is 9.91. The third-order valence-corrected chi connectivity index (χ3v) is 3.68. The normalized spacial score (nSPS) is 20.9. The average Bonchev–Trinajstić information content (AvgIpc) is 2.87. The number of hydrogen-bond acceptors (Lipinski definition) is 4. The fourth-order valence-corrected chi connectivity index (χ4v) is 2.55. The number of rotatable bonds is 3. The van der Waals surface area contributed by atoms with Gasteiger partial charge in [0.1, 0.15) is 0 Å². The van der Waals surface area contributed by atoms with Gasteiger partial charge >= 0.3 is 0 Å². The summed E-state index contributed by atoms with van der Waals surface area (Å²) in [4.78, 5) is 0. The number of hydrogen-bond donors (Lipinski definition) is 1. The zero-order valence-corrected chi connectivity index (χ0v) is 10.3. The third-order valence-electron chi connectivity index (χ3n) is 3.68. The Hall–Kier alpha value is -1.26. The van der Waals surface area contributed by atoms with Gasteiger partial charge < -0.3 is 19.3 Å². The minimum atomic E-state index is -0.428. The molecule has 1 atom stereocenters. The molecular formula is C14H18O4. The van der Waals surface area contributed by atoms with Gasteiger partial charge in [-0.25, -0.2) is 0 Å². The average molecular weight is 250 g/mol. The summed E-state index contributed by atoms with van der Waals surface area (Å²) < 4.78 is 15.9. The summed E-state index contributed by atoms with van der Waals surface area (Å²) in [5.74, 6) is 2.05. The van der Waals surface area contributed by atoms with Crippen LogP contribution in [0.25, 0.3) is 0 Å². The molecule has 2 heterocycles. The van der Waals surface area contributed by atoms with Crippen LogP contribution in [0.15, 0.2) is 18.2 Å². The molecule has 1 aromatic carbocycles. The van der Waals surface area contributed by atoms with Gasteiger partial charge in [-0.15, -0.1) is 0 Å². The fraction of sp³-hybridized carbons (Fsp3) is 0.571. The number of benzene rings is 1. The third kappa shape index (κ3) is 2.44. The predicted molar refractivity (Wildman–Crippen MR) is 65.7 cm³/mol. The van der Waals surface area contributed by atoms with Crippen molar-refractivity contribution in [2.24, 2.45) is 5.92 Å². The molecule has 4 heteroatoms. The second kappa shape index (κ2) is 5.16. The van der Waals surface area contributed by atoms with Crippen LogP contribution < -0.4 is 9.47 Å². The topological polar surface area (TPSA) is 47.9 Å². The quantitative estimate of drug-likeness (QED) is 0.894. The Balaban J connectivity index is 1.66. The molecule has 0 aliphatic carbocycles. The Morgan fingerprint density at radius 3 is 2.78 bits per heavy atom. The van der Waals surface area contributed by atoms with Crippen molar-refractivity contribution in [3.05, 3.63) is 23.8 Å². The summed E-state index contributed by atoms with van der Waals surface area (Å²) in [6, 6.07) is 5.66. The summed E-state index contributed by atoms with van der Waals surface area (Å²) in [5, 5.41) is 10.3. The Kier molecular flexibility index (Phi) is 3.39. The van der Waals surface area contributed by atoms with Gasteiger partial charge in [-0.3, -0.25) is 0 Å². The van der Waals surface area contributed by atoms with Crippen LogP contribution in [-0.2, 0) is 4.74 Å². The molecule has 0 saturated carbocycles. The predicted octanol–water partition coefficient (Wildman–Crippen LogP) is 2.27. The molecule has 3 rings (SSSR count). The van der Waals surface area contributed by atoms with Crippen molar-refractivity contribution in [2.75, 3.05) is 20.0 Å². The zero-order valence-electron chi connectivity index (χ0n) is 10.3. The molecule has 0 spiro atoms. The highest BCUT2D eigenvalue weighted by atomic mass is 16.7. The highest BCUT2D eigenvalue weighted by Gasteiger charge is 2.21. The lowest BCUT2D eigenvalue weighted by Gasteiger charge is -2.24. The highest BCUT2D eigenvalue weighted by Crippen LogP contribution is 2.36. The Morgan fingerprint density at radius 1 is 1.17 bits per heavy atom. The molecule has 0 aromatic heterocycles. The molecule has 18 heavy (non-hydrogen) atoms. The van der Waals surface area contributed by atoms with Crippen LogP contribution in [0.2, 0.25) is 0 Å². The van der Waals surface area contributed by atoms with Crippen LogP contribution in [0.4, 0.5) is 0 Å². The van der Waals surface area contributed by atoms with Crippen LogP contribution in [0.5, 0.6) is 11.5 Å². The van der Waals surface area contributed by atoms with Crippen molar-refractivity contribution in [3.8, 4) is 11.5 Å². The molecule has 2 aliphatic rings. The van der Waals surface area contributed by atoms with E-state index in [0.29, 0.717) is 5.92 Å². The highest BCUT2D eigenvalue weighted by molar-refractivity contribution is 5.45. The van der Waals surface area contributed by atoms with Gasteiger partial charge in [0, 0.05) is 13.2 Å². The first-order valence-corrected chi connectivity index (χ1v) is 6.48. The summed E-state index contributed by atoms with van der Waals surface area (Å²) >= 11 is 0. The number of fused-ring (bicyclic) bond motifs is 1. The Labute approximate surface area is 106 Å². The van der Waals surface area contributed by atoms with E-state index in [1.54, 1.807) is 0 Å².